The number of nitrogens with two attached hydrogens (primary N) is 1. The molecule has 2 atom stereocenters. The smallest absolute Gasteiger partial charge is 0.328 e. The van der Waals surface area contributed by atoms with Crippen LogP contribution in [0.2, 0.25) is 0 Å². The van der Waals surface area contributed by atoms with Crippen LogP contribution < -0.4 is 5.73 Å². The predicted octanol–water partition coefficient (Wildman–Crippen LogP) is 2.10. The molecule has 0 saturated carbocycles. The summed E-state index contributed by atoms with van der Waals surface area (Å²) in [6.07, 6.45) is -1.67. The number of halogens is 1. The molecule has 0 radical (unpaired) electrons. The van der Waals surface area contributed by atoms with Gasteiger partial charge in [-0.2, -0.15) is 13.3 Å². The van der Waals surface area contributed by atoms with Crippen LogP contribution in [0.4, 0.5) is 4.39 Å². The summed E-state index contributed by atoms with van der Waals surface area (Å²) in [6, 6.07) is 11.9. The maximum Gasteiger partial charge on any atom is 0.508 e. The standard InChI is InChI=1S/C10H8O3S.C3H7FNO2P/c11-14(12,13)10-6-5-8-3-1-2-4-9(8)7-10;4-3(1-5)2-8(6)7/h1-7H,(H,11,12,13);3H,1-2,5H2/p+1/t;3-/m.1/s1. The van der Waals surface area contributed by atoms with E-state index in [0.717, 1.165) is 10.8 Å². The lowest BCUT2D eigenvalue weighted by atomic mass is 10.1. The van der Waals surface area contributed by atoms with E-state index in [4.69, 9.17) is 15.2 Å². The molecule has 1 unspecified atom stereocenters. The second-order valence-corrected chi connectivity index (χ2v) is 6.84. The Bertz CT molecular complexity index is 753. The first kappa shape index (κ1) is 18.6. The van der Waals surface area contributed by atoms with E-state index in [2.05, 4.69) is 0 Å². The minimum Gasteiger partial charge on any atom is -0.328 e. The van der Waals surface area contributed by atoms with Gasteiger partial charge in [0.1, 0.15) is 0 Å². The molecule has 0 aromatic heterocycles. The summed E-state index contributed by atoms with van der Waals surface area (Å²) < 4.78 is 52.2. The van der Waals surface area contributed by atoms with Crippen LogP contribution in [0.3, 0.4) is 0 Å². The molecule has 6 nitrogen and oxygen atoms in total. The highest BCUT2D eigenvalue weighted by Crippen LogP contribution is 2.18. The van der Waals surface area contributed by atoms with Gasteiger partial charge in [0.2, 0.25) is 6.16 Å². The lowest BCUT2D eigenvalue weighted by molar-refractivity contribution is 0.364. The van der Waals surface area contributed by atoms with Crippen molar-refractivity contribution in [1.82, 2.24) is 0 Å². The molecule has 2 rings (SSSR count). The topological polar surface area (TPSA) is 118 Å². The van der Waals surface area contributed by atoms with E-state index >= 15 is 0 Å². The molecule has 0 bridgehead atoms. The van der Waals surface area contributed by atoms with E-state index in [9.17, 15) is 17.4 Å². The lowest BCUT2D eigenvalue weighted by Gasteiger charge is -1.99. The van der Waals surface area contributed by atoms with Crippen molar-refractivity contribution in [1.29, 1.82) is 0 Å². The van der Waals surface area contributed by atoms with Crippen molar-refractivity contribution in [2.45, 2.75) is 11.1 Å². The van der Waals surface area contributed by atoms with Crippen LogP contribution in [0.25, 0.3) is 10.8 Å². The van der Waals surface area contributed by atoms with Gasteiger partial charge in [-0.05, 0) is 27.5 Å². The Morgan fingerprint density at radius 3 is 2.23 bits per heavy atom. The third-order valence-corrected chi connectivity index (χ3v) is 4.19. The summed E-state index contributed by atoms with van der Waals surface area (Å²) in [5, 5.41) is 1.74. The third kappa shape index (κ3) is 6.13. The van der Waals surface area contributed by atoms with Crippen molar-refractivity contribution < 1.29 is 26.8 Å². The van der Waals surface area contributed by atoms with Crippen LogP contribution in [-0.4, -0.2) is 36.7 Å². The third-order valence-electron chi connectivity index (χ3n) is 2.63. The quantitative estimate of drug-likeness (QED) is 0.575. The Hall–Kier alpha value is -1.44. The van der Waals surface area contributed by atoms with E-state index < -0.39 is 24.3 Å². The van der Waals surface area contributed by atoms with Gasteiger partial charge < -0.3 is 5.73 Å². The molecule has 0 spiro atoms. The van der Waals surface area contributed by atoms with Gasteiger partial charge in [0.05, 0.1) is 4.90 Å². The van der Waals surface area contributed by atoms with Gasteiger partial charge >= 0.3 is 8.03 Å². The Labute approximate surface area is 128 Å². The fourth-order valence-electron chi connectivity index (χ4n) is 1.57. The van der Waals surface area contributed by atoms with Gasteiger partial charge in [-0.15, -0.1) is 0 Å². The first-order valence-electron chi connectivity index (χ1n) is 6.18. The molecule has 0 aliphatic carbocycles. The van der Waals surface area contributed by atoms with Crippen LogP contribution in [-0.2, 0) is 14.7 Å². The zero-order valence-corrected chi connectivity index (χ0v) is 13.2. The Morgan fingerprint density at radius 2 is 1.77 bits per heavy atom. The highest BCUT2D eigenvalue weighted by molar-refractivity contribution is 7.85. The minimum absolute atomic E-state index is 0.0730. The molecule has 0 fully saturated rings. The first-order chi connectivity index (χ1) is 10.2. The highest BCUT2D eigenvalue weighted by atomic mass is 32.2. The number of alkyl halides is 1. The highest BCUT2D eigenvalue weighted by Gasteiger charge is 2.18. The van der Waals surface area contributed by atoms with Gasteiger partial charge in [-0.3, -0.25) is 4.55 Å². The summed E-state index contributed by atoms with van der Waals surface area (Å²) in [4.78, 5) is 7.99. The lowest BCUT2D eigenvalue weighted by Crippen LogP contribution is -2.17. The van der Waals surface area contributed by atoms with E-state index in [1.165, 1.54) is 12.1 Å². The number of rotatable bonds is 4. The molecule has 22 heavy (non-hydrogen) atoms. The molecule has 9 heteroatoms. The van der Waals surface area contributed by atoms with E-state index in [-0.39, 0.29) is 17.6 Å². The second kappa shape index (κ2) is 8.26. The summed E-state index contributed by atoms with van der Waals surface area (Å²) in [5.74, 6) is 0. The van der Waals surface area contributed by atoms with Crippen LogP contribution in [0.1, 0.15) is 0 Å². The van der Waals surface area contributed by atoms with Gasteiger partial charge in [-0.25, -0.2) is 4.39 Å². The molecule has 0 aliphatic rings. The Balaban J connectivity index is 0.000000261. The zero-order chi connectivity index (χ0) is 16.8. The summed E-state index contributed by atoms with van der Waals surface area (Å²) in [6.45, 7) is -0.179. The van der Waals surface area contributed by atoms with Gasteiger partial charge in [-0.1, -0.05) is 30.3 Å². The molecule has 0 saturated heterocycles. The van der Waals surface area contributed by atoms with Crippen LogP contribution in [0.5, 0.6) is 0 Å². The fraction of sp³-hybridized carbons (Fsp3) is 0.231. The van der Waals surface area contributed by atoms with Gasteiger partial charge in [0.25, 0.3) is 10.1 Å². The largest absolute Gasteiger partial charge is 0.508 e. The average Bonchev–Trinajstić information content (AvgIpc) is 2.45. The molecule has 2 aromatic carbocycles. The molecular formula is C13H16FNO5PS+. The van der Waals surface area contributed by atoms with E-state index in [1.807, 2.05) is 18.2 Å². The van der Waals surface area contributed by atoms with Gasteiger partial charge in [0, 0.05) is 6.54 Å². The van der Waals surface area contributed by atoms with Crippen LogP contribution in [0.15, 0.2) is 47.4 Å². The van der Waals surface area contributed by atoms with Crippen molar-refractivity contribution in [3.8, 4) is 0 Å². The normalized spacial score (nSPS) is 13.2. The van der Waals surface area contributed by atoms with E-state index in [0.29, 0.717) is 0 Å². The minimum atomic E-state index is -4.09. The molecule has 120 valence electrons. The summed E-state index contributed by atoms with van der Waals surface area (Å²) in [7, 11) is -6.44. The van der Waals surface area contributed by atoms with Gasteiger partial charge in [0.15, 0.2) is 6.17 Å². The molecule has 0 aliphatic heterocycles. The van der Waals surface area contributed by atoms with Crippen molar-refractivity contribution in [2.75, 3.05) is 12.7 Å². The van der Waals surface area contributed by atoms with Crippen molar-refractivity contribution in [2.24, 2.45) is 5.73 Å². The van der Waals surface area contributed by atoms with E-state index in [1.54, 1.807) is 12.1 Å². The predicted molar refractivity (Wildman–Crippen MR) is 82.4 cm³/mol. The second-order valence-electron chi connectivity index (χ2n) is 4.35. The van der Waals surface area contributed by atoms with Crippen LogP contribution in [0, 0.1) is 0 Å². The SMILES string of the molecule is NC[C@@H](F)C[P+](=O)O.O=S(=O)(O)c1ccc2ccccc2c1. The Morgan fingerprint density at radius 1 is 1.18 bits per heavy atom. The number of fused-ring (bicyclic) bond motifs is 1. The van der Waals surface area contributed by atoms with Crippen molar-refractivity contribution >= 4 is 28.9 Å². The molecule has 2 aromatic rings. The molecule has 0 heterocycles. The first-order valence-corrected chi connectivity index (χ1v) is 9.01. The van der Waals surface area contributed by atoms with Crippen LogP contribution >= 0.6 is 8.03 Å². The number of hydrogen-bond donors (Lipinski definition) is 3. The maximum atomic E-state index is 11.9. The maximum absolute atomic E-state index is 11.9. The summed E-state index contributed by atoms with van der Waals surface area (Å²) in [5.41, 5.74) is 4.81. The summed E-state index contributed by atoms with van der Waals surface area (Å²) >= 11 is 0. The zero-order valence-electron chi connectivity index (χ0n) is 11.5. The van der Waals surface area contributed by atoms with Crippen molar-refractivity contribution in [3.05, 3.63) is 42.5 Å². The molecule has 4 N–H and O–H groups in total. The Kier molecular flexibility index (Phi) is 6.99. The molecule has 0 amide bonds. The number of hydrogen-bond acceptors (Lipinski definition) is 4. The average molecular weight is 348 g/mol. The molecular weight excluding hydrogens is 332 g/mol. The van der Waals surface area contributed by atoms with Crippen molar-refractivity contribution in [3.63, 3.8) is 0 Å². The fourth-order valence-corrected chi connectivity index (χ4v) is 2.58. The number of benzene rings is 2. The monoisotopic (exact) mass is 348 g/mol.